The van der Waals surface area contributed by atoms with E-state index in [1.807, 2.05) is 20.8 Å². The molecule has 1 atom stereocenters. The van der Waals surface area contributed by atoms with Gasteiger partial charge in [0.25, 0.3) is 0 Å². The topological polar surface area (TPSA) is 52.6 Å². The van der Waals surface area contributed by atoms with E-state index in [4.69, 9.17) is 9.47 Å². The molecule has 1 unspecified atom stereocenters. The Balaban J connectivity index is 4.24. The van der Waals surface area contributed by atoms with Gasteiger partial charge in [0, 0.05) is 0 Å². The van der Waals surface area contributed by atoms with E-state index in [0.29, 0.717) is 12.9 Å². The van der Waals surface area contributed by atoms with Gasteiger partial charge in [-0.25, -0.2) is 0 Å². The van der Waals surface area contributed by atoms with Gasteiger partial charge in [-0.2, -0.15) is 0 Å². The lowest BCUT2D eigenvalue weighted by Gasteiger charge is -2.29. The van der Waals surface area contributed by atoms with Crippen LogP contribution in [0.25, 0.3) is 0 Å². The lowest BCUT2D eigenvalue weighted by atomic mass is 9.87. The van der Waals surface area contributed by atoms with Crippen molar-refractivity contribution in [2.24, 2.45) is 5.41 Å². The van der Waals surface area contributed by atoms with E-state index < -0.39 is 0 Å². The second-order valence-corrected chi connectivity index (χ2v) is 4.36. The molecule has 0 saturated heterocycles. The summed E-state index contributed by atoms with van der Waals surface area (Å²) in [4.78, 5) is 21.5. The third-order valence-electron chi connectivity index (χ3n) is 1.99. The van der Waals surface area contributed by atoms with Crippen LogP contribution >= 0.6 is 0 Å². The van der Waals surface area contributed by atoms with Crippen molar-refractivity contribution < 1.29 is 19.1 Å². The normalized spacial score (nSPS) is 13.3. The van der Waals surface area contributed by atoms with Gasteiger partial charge in [-0.15, -0.1) is 0 Å². The van der Waals surface area contributed by atoms with Crippen molar-refractivity contribution in [3.63, 3.8) is 0 Å². The summed E-state index contributed by atoms with van der Waals surface area (Å²) >= 11 is 0. The molecule has 0 aromatic heterocycles. The minimum atomic E-state index is -0.290. The Bertz CT molecular complexity index is 205. The van der Waals surface area contributed by atoms with Crippen LogP contribution in [0.15, 0.2) is 0 Å². The van der Waals surface area contributed by atoms with E-state index in [-0.39, 0.29) is 30.5 Å². The first-order chi connectivity index (χ1) is 6.91. The molecule has 0 bridgehead atoms. The first kappa shape index (κ1) is 14.1. The fourth-order valence-electron chi connectivity index (χ4n) is 1.14. The van der Waals surface area contributed by atoms with Crippen LogP contribution in [0.1, 0.15) is 34.1 Å². The quantitative estimate of drug-likeness (QED) is 0.499. The molecule has 0 rings (SSSR count). The molecule has 0 aliphatic rings. The summed E-state index contributed by atoms with van der Waals surface area (Å²) in [7, 11) is 0. The molecule has 4 nitrogen and oxygen atoms in total. The monoisotopic (exact) mass is 216 g/mol. The third-order valence-corrected chi connectivity index (χ3v) is 1.99. The minimum Gasteiger partial charge on any atom is -0.466 e. The molecule has 4 heteroatoms. The van der Waals surface area contributed by atoms with Crippen molar-refractivity contribution in [3.05, 3.63) is 0 Å². The molecule has 0 aromatic carbocycles. The fraction of sp³-hybridized carbons (Fsp3) is 0.818. The predicted octanol–water partition coefficient (Wildman–Crippen LogP) is 1.57. The fourth-order valence-corrected chi connectivity index (χ4v) is 1.14. The number of rotatable bonds is 6. The van der Waals surface area contributed by atoms with Gasteiger partial charge in [-0.3, -0.25) is 4.79 Å². The zero-order chi connectivity index (χ0) is 11.9. The predicted molar refractivity (Wildman–Crippen MR) is 56.5 cm³/mol. The highest BCUT2D eigenvalue weighted by Gasteiger charge is 2.28. The number of esters is 1. The van der Waals surface area contributed by atoms with E-state index in [1.165, 1.54) is 0 Å². The standard InChI is InChI=1S/C11H20O4/c1-5-14-10(13)8-9(11(2,3)4)15-7-6-12/h6,9H,5,7-8H2,1-4H3. The van der Waals surface area contributed by atoms with Gasteiger partial charge < -0.3 is 14.3 Å². The molecule has 88 valence electrons. The van der Waals surface area contributed by atoms with Gasteiger partial charge in [-0.1, -0.05) is 20.8 Å². The van der Waals surface area contributed by atoms with Crippen molar-refractivity contribution in [1.82, 2.24) is 0 Å². The minimum absolute atomic E-state index is 0.0152. The molecule has 0 aliphatic carbocycles. The van der Waals surface area contributed by atoms with Crippen LogP contribution in [0.5, 0.6) is 0 Å². The second-order valence-electron chi connectivity index (χ2n) is 4.36. The molecular weight excluding hydrogens is 196 g/mol. The highest BCUT2D eigenvalue weighted by molar-refractivity contribution is 5.70. The number of ether oxygens (including phenoxy) is 2. The van der Waals surface area contributed by atoms with E-state index in [9.17, 15) is 9.59 Å². The Kier molecular flexibility index (Phi) is 6.17. The van der Waals surface area contributed by atoms with E-state index in [2.05, 4.69) is 0 Å². The molecule has 0 amide bonds. The van der Waals surface area contributed by atoms with Gasteiger partial charge in [0.1, 0.15) is 12.9 Å². The summed E-state index contributed by atoms with van der Waals surface area (Å²) in [5, 5.41) is 0. The van der Waals surface area contributed by atoms with Crippen LogP contribution in [0, 0.1) is 5.41 Å². The van der Waals surface area contributed by atoms with Crippen LogP contribution in [-0.2, 0) is 19.1 Å². The summed E-state index contributed by atoms with van der Waals surface area (Å²) in [6, 6.07) is 0. The van der Waals surface area contributed by atoms with Crippen molar-refractivity contribution in [2.75, 3.05) is 13.2 Å². The summed E-state index contributed by atoms with van der Waals surface area (Å²) in [5.41, 5.74) is -0.185. The van der Waals surface area contributed by atoms with Crippen LogP contribution in [0.4, 0.5) is 0 Å². The molecule has 0 aliphatic heterocycles. The Labute approximate surface area is 90.9 Å². The van der Waals surface area contributed by atoms with Gasteiger partial charge in [0.2, 0.25) is 0 Å². The summed E-state index contributed by atoms with van der Waals surface area (Å²) < 4.78 is 10.1. The number of hydrogen-bond donors (Lipinski definition) is 0. The lowest BCUT2D eigenvalue weighted by molar-refractivity contribution is -0.149. The average molecular weight is 216 g/mol. The Hall–Kier alpha value is -0.900. The smallest absolute Gasteiger partial charge is 0.308 e. The zero-order valence-electron chi connectivity index (χ0n) is 9.91. The maximum absolute atomic E-state index is 11.3. The Morgan fingerprint density at radius 3 is 2.40 bits per heavy atom. The number of aldehydes is 1. The molecule has 0 aromatic rings. The molecule has 0 saturated carbocycles. The highest BCUT2D eigenvalue weighted by atomic mass is 16.5. The third kappa shape index (κ3) is 6.23. The van der Waals surface area contributed by atoms with Gasteiger partial charge in [-0.05, 0) is 12.3 Å². The van der Waals surface area contributed by atoms with Crippen LogP contribution in [0.3, 0.4) is 0 Å². The SMILES string of the molecule is CCOC(=O)CC(OCC=O)C(C)(C)C. The molecule has 0 radical (unpaired) electrons. The zero-order valence-corrected chi connectivity index (χ0v) is 9.91. The van der Waals surface area contributed by atoms with Crippen molar-refractivity contribution >= 4 is 12.3 Å². The molecule has 0 spiro atoms. The molecule has 0 fully saturated rings. The van der Waals surface area contributed by atoms with Gasteiger partial charge in [0.15, 0.2) is 0 Å². The van der Waals surface area contributed by atoms with Crippen molar-refractivity contribution in [3.8, 4) is 0 Å². The summed E-state index contributed by atoms with van der Waals surface area (Å²) in [6.45, 7) is 8.02. The number of carbonyl (C=O) groups excluding carboxylic acids is 2. The molecular formula is C11H20O4. The summed E-state index contributed by atoms with van der Waals surface area (Å²) in [6.07, 6.45) is 0.580. The van der Waals surface area contributed by atoms with Gasteiger partial charge >= 0.3 is 5.97 Å². The molecule has 0 N–H and O–H groups in total. The Morgan fingerprint density at radius 1 is 1.40 bits per heavy atom. The number of carbonyl (C=O) groups is 2. The van der Waals surface area contributed by atoms with Crippen LogP contribution in [0.2, 0.25) is 0 Å². The maximum atomic E-state index is 11.3. The van der Waals surface area contributed by atoms with Crippen molar-refractivity contribution in [2.45, 2.75) is 40.2 Å². The lowest BCUT2D eigenvalue weighted by Crippen LogP contribution is -2.33. The van der Waals surface area contributed by atoms with Crippen LogP contribution < -0.4 is 0 Å². The first-order valence-electron chi connectivity index (χ1n) is 5.12. The van der Waals surface area contributed by atoms with Crippen molar-refractivity contribution in [1.29, 1.82) is 0 Å². The van der Waals surface area contributed by atoms with E-state index >= 15 is 0 Å². The van der Waals surface area contributed by atoms with Gasteiger partial charge in [0.05, 0.1) is 19.1 Å². The maximum Gasteiger partial charge on any atom is 0.308 e. The first-order valence-corrected chi connectivity index (χ1v) is 5.12. The molecule has 15 heavy (non-hydrogen) atoms. The molecule has 0 heterocycles. The second kappa shape index (κ2) is 6.56. The van der Waals surface area contributed by atoms with E-state index in [1.54, 1.807) is 6.92 Å². The average Bonchev–Trinajstić information content (AvgIpc) is 2.10. The summed E-state index contributed by atoms with van der Waals surface area (Å²) in [5.74, 6) is -0.289. The van der Waals surface area contributed by atoms with Crippen LogP contribution in [-0.4, -0.2) is 31.6 Å². The largest absolute Gasteiger partial charge is 0.466 e. The number of hydrogen-bond acceptors (Lipinski definition) is 4. The highest BCUT2D eigenvalue weighted by Crippen LogP contribution is 2.25. The Morgan fingerprint density at radius 2 is 2.00 bits per heavy atom. The van der Waals surface area contributed by atoms with E-state index in [0.717, 1.165) is 0 Å².